The van der Waals surface area contributed by atoms with E-state index in [9.17, 15) is 18.7 Å². The smallest absolute Gasteiger partial charge is 0.410 e. The Bertz CT molecular complexity index is 472. The number of rotatable bonds is 6. The highest BCUT2D eigenvalue weighted by Crippen LogP contribution is 2.22. The Morgan fingerprint density at radius 2 is 2.09 bits per heavy atom. The van der Waals surface area contributed by atoms with Crippen LogP contribution in [0.15, 0.2) is 30.3 Å². The average molecular weight is 315 g/mol. The Morgan fingerprint density at radius 1 is 1.36 bits per heavy atom. The van der Waals surface area contributed by atoms with Crippen molar-refractivity contribution in [2.75, 3.05) is 19.8 Å². The molecule has 0 aromatic heterocycles. The van der Waals surface area contributed by atoms with Crippen molar-refractivity contribution in [1.29, 1.82) is 0 Å². The molecule has 0 saturated carbocycles. The van der Waals surface area contributed by atoms with Crippen LogP contribution in [0.5, 0.6) is 0 Å². The Labute approximate surface area is 127 Å². The number of hydrogen-bond acceptors (Lipinski definition) is 4. The molecule has 1 heterocycles. The fraction of sp³-hybridized carbons (Fsp3) is 0.533. The Balaban J connectivity index is 1.85. The summed E-state index contributed by atoms with van der Waals surface area (Å²) in [7, 11) is 0. The number of ether oxygens (including phenoxy) is 2. The minimum atomic E-state index is -2.55. The summed E-state index contributed by atoms with van der Waals surface area (Å²) in [6.45, 7) is -0.660. The number of likely N-dealkylation sites (tertiary alicyclic amines) is 1. The molecule has 0 aliphatic carbocycles. The van der Waals surface area contributed by atoms with Crippen LogP contribution in [0, 0.1) is 0 Å². The molecule has 1 unspecified atom stereocenters. The number of halogens is 2. The van der Waals surface area contributed by atoms with Gasteiger partial charge in [-0.25, -0.2) is 13.6 Å². The molecule has 5 nitrogen and oxygen atoms in total. The number of aliphatic hydroxyl groups is 1. The van der Waals surface area contributed by atoms with E-state index in [1.54, 1.807) is 0 Å². The van der Waals surface area contributed by atoms with Crippen molar-refractivity contribution in [2.45, 2.75) is 31.6 Å². The molecule has 1 aromatic carbocycles. The molecular formula is C15H19F2NO4. The Morgan fingerprint density at radius 3 is 2.73 bits per heavy atom. The zero-order valence-electron chi connectivity index (χ0n) is 12.0. The van der Waals surface area contributed by atoms with Gasteiger partial charge >= 0.3 is 6.09 Å². The summed E-state index contributed by atoms with van der Waals surface area (Å²) in [5.41, 5.74) is 0.848. The second-order valence-electron chi connectivity index (χ2n) is 5.11. The maximum atomic E-state index is 12.2. The number of nitrogens with zero attached hydrogens (tertiary/aromatic N) is 1. The van der Waals surface area contributed by atoms with E-state index in [0.717, 1.165) is 5.56 Å². The maximum Gasteiger partial charge on any atom is 0.410 e. The largest absolute Gasteiger partial charge is 0.445 e. The molecule has 1 aliphatic heterocycles. The highest BCUT2D eigenvalue weighted by atomic mass is 19.3. The SMILES string of the molecule is O=C(OCc1ccccc1)N1C[C@H](OCC(F)F)CC1CO. The van der Waals surface area contributed by atoms with Crippen molar-refractivity contribution in [3.05, 3.63) is 35.9 Å². The van der Waals surface area contributed by atoms with Crippen LogP contribution in [0.1, 0.15) is 12.0 Å². The maximum absolute atomic E-state index is 12.2. The molecule has 1 saturated heterocycles. The third-order valence-electron chi connectivity index (χ3n) is 3.48. The zero-order valence-corrected chi connectivity index (χ0v) is 12.0. The molecule has 1 amide bonds. The summed E-state index contributed by atoms with van der Waals surface area (Å²) in [6.07, 6.45) is -3.31. The molecule has 1 fully saturated rings. The quantitative estimate of drug-likeness (QED) is 0.873. The summed E-state index contributed by atoms with van der Waals surface area (Å²) >= 11 is 0. The number of amides is 1. The first-order valence-electron chi connectivity index (χ1n) is 7.08. The molecule has 0 bridgehead atoms. The van der Waals surface area contributed by atoms with E-state index in [4.69, 9.17) is 9.47 Å². The van der Waals surface area contributed by atoms with Gasteiger partial charge in [-0.2, -0.15) is 0 Å². The lowest BCUT2D eigenvalue weighted by Crippen LogP contribution is -2.38. The molecule has 22 heavy (non-hydrogen) atoms. The molecule has 2 rings (SSSR count). The first-order chi connectivity index (χ1) is 10.6. The van der Waals surface area contributed by atoms with Gasteiger partial charge in [0.15, 0.2) is 0 Å². The average Bonchev–Trinajstić information content (AvgIpc) is 2.95. The van der Waals surface area contributed by atoms with Crippen molar-refractivity contribution >= 4 is 6.09 Å². The molecule has 7 heteroatoms. The van der Waals surface area contributed by atoms with Crippen LogP contribution in [0.2, 0.25) is 0 Å². The van der Waals surface area contributed by atoms with Crippen molar-refractivity contribution in [2.24, 2.45) is 0 Å². The van der Waals surface area contributed by atoms with Crippen LogP contribution in [-0.4, -0.2) is 54.4 Å². The summed E-state index contributed by atoms with van der Waals surface area (Å²) in [6, 6.07) is 8.72. The predicted octanol–water partition coefficient (Wildman–Crippen LogP) is 2.04. The predicted molar refractivity (Wildman–Crippen MR) is 74.6 cm³/mol. The number of benzene rings is 1. The van der Waals surface area contributed by atoms with Crippen molar-refractivity contribution in [3.63, 3.8) is 0 Å². The van der Waals surface area contributed by atoms with E-state index in [2.05, 4.69) is 0 Å². The summed E-state index contributed by atoms with van der Waals surface area (Å²) in [5.74, 6) is 0. The van der Waals surface area contributed by atoms with Crippen LogP contribution in [-0.2, 0) is 16.1 Å². The van der Waals surface area contributed by atoms with Gasteiger partial charge in [-0.3, -0.25) is 0 Å². The van der Waals surface area contributed by atoms with Gasteiger partial charge < -0.3 is 19.5 Å². The molecular weight excluding hydrogens is 296 g/mol. The first-order valence-corrected chi connectivity index (χ1v) is 7.08. The van der Waals surface area contributed by atoms with E-state index in [1.807, 2.05) is 30.3 Å². The van der Waals surface area contributed by atoms with Crippen LogP contribution in [0.3, 0.4) is 0 Å². The van der Waals surface area contributed by atoms with Gasteiger partial charge in [0.2, 0.25) is 0 Å². The second-order valence-corrected chi connectivity index (χ2v) is 5.11. The monoisotopic (exact) mass is 315 g/mol. The van der Waals surface area contributed by atoms with E-state index < -0.39 is 31.3 Å². The highest BCUT2D eigenvalue weighted by molar-refractivity contribution is 5.68. The molecule has 1 aliphatic rings. The number of carbonyl (C=O) groups excluding carboxylic acids is 1. The lowest BCUT2D eigenvalue weighted by molar-refractivity contribution is -0.0199. The molecule has 1 N–H and O–H groups in total. The molecule has 2 atom stereocenters. The third-order valence-corrected chi connectivity index (χ3v) is 3.48. The van der Waals surface area contributed by atoms with E-state index >= 15 is 0 Å². The lowest BCUT2D eigenvalue weighted by Gasteiger charge is -2.22. The van der Waals surface area contributed by atoms with Crippen LogP contribution >= 0.6 is 0 Å². The number of hydrogen-bond donors (Lipinski definition) is 1. The highest BCUT2D eigenvalue weighted by Gasteiger charge is 2.36. The van der Waals surface area contributed by atoms with Gasteiger partial charge in [-0.05, 0) is 12.0 Å². The van der Waals surface area contributed by atoms with E-state index in [0.29, 0.717) is 6.42 Å². The van der Waals surface area contributed by atoms with E-state index in [-0.39, 0.29) is 19.8 Å². The molecule has 122 valence electrons. The van der Waals surface area contributed by atoms with E-state index in [1.165, 1.54) is 4.90 Å². The van der Waals surface area contributed by atoms with Gasteiger partial charge in [0, 0.05) is 0 Å². The normalized spacial score (nSPS) is 21.4. The van der Waals surface area contributed by atoms with Crippen LogP contribution < -0.4 is 0 Å². The van der Waals surface area contributed by atoms with Crippen LogP contribution in [0.25, 0.3) is 0 Å². The van der Waals surface area contributed by atoms with Crippen molar-refractivity contribution in [1.82, 2.24) is 4.90 Å². The minimum absolute atomic E-state index is 0.122. The fourth-order valence-corrected chi connectivity index (χ4v) is 2.40. The van der Waals surface area contributed by atoms with Crippen LogP contribution in [0.4, 0.5) is 13.6 Å². The Hall–Kier alpha value is -1.73. The summed E-state index contributed by atoms with van der Waals surface area (Å²) < 4.78 is 34.5. The van der Waals surface area contributed by atoms with Gasteiger partial charge in [0.25, 0.3) is 6.43 Å². The standard InChI is InChI=1S/C15H19F2NO4/c16-14(17)10-21-13-6-12(8-19)18(7-13)15(20)22-9-11-4-2-1-3-5-11/h1-5,12-14,19H,6-10H2/t12?,13-/m1/s1. The minimum Gasteiger partial charge on any atom is -0.445 e. The number of carbonyl (C=O) groups is 1. The lowest BCUT2D eigenvalue weighted by atomic mass is 10.2. The third kappa shape index (κ3) is 4.64. The topological polar surface area (TPSA) is 59.0 Å². The Kier molecular flexibility index (Phi) is 6.09. The fourth-order valence-electron chi connectivity index (χ4n) is 2.40. The van der Waals surface area contributed by atoms with Gasteiger partial charge in [0.1, 0.15) is 13.2 Å². The second kappa shape index (κ2) is 8.05. The summed E-state index contributed by atoms with van der Waals surface area (Å²) in [5, 5.41) is 9.31. The van der Waals surface area contributed by atoms with Gasteiger partial charge in [-0.15, -0.1) is 0 Å². The molecule has 1 aromatic rings. The first kappa shape index (κ1) is 16.6. The zero-order chi connectivity index (χ0) is 15.9. The van der Waals surface area contributed by atoms with Gasteiger partial charge in [-0.1, -0.05) is 30.3 Å². The molecule has 0 spiro atoms. The number of aliphatic hydroxyl groups excluding tert-OH is 1. The van der Waals surface area contributed by atoms with Gasteiger partial charge in [0.05, 0.1) is 25.3 Å². The molecule has 0 radical (unpaired) electrons. The summed E-state index contributed by atoms with van der Waals surface area (Å²) in [4.78, 5) is 13.4. The van der Waals surface area contributed by atoms with Crippen molar-refractivity contribution in [3.8, 4) is 0 Å². The number of alkyl halides is 2. The van der Waals surface area contributed by atoms with Crippen molar-refractivity contribution < 1.29 is 28.2 Å².